The van der Waals surface area contributed by atoms with Gasteiger partial charge < -0.3 is 63.0 Å². The Morgan fingerprint density at radius 3 is 1.46 bits per heavy atom. The quantitative estimate of drug-likeness (QED) is 0.0281. The summed E-state index contributed by atoms with van der Waals surface area (Å²) < 4.78 is 81.4. The van der Waals surface area contributed by atoms with Gasteiger partial charge in [0.05, 0.1) is 150 Å². The minimum atomic E-state index is -4.09. The van der Waals surface area contributed by atoms with E-state index in [4.69, 9.17) is 37.9 Å². The second kappa shape index (κ2) is 26.2. The fourth-order valence-corrected chi connectivity index (χ4v) is 11.1. The first-order chi connectivity index (χ1) is 33.1. The van der Waals surface area contributed by atoms with E-state index in [-0.39, 0.29) is 108 Å². The van der Waals surface area contributed by atoms with Gasteiger partial charge in [-0.1, -0.05) is 13.2 Å². The summed E-state index contributed by atoms with van der Waals surface area (Å²) in [6.07, 6.45) is 0.837. The molecule has 1 fully saturated rings. The lowest BCUT2D eigenvalue weighted by atomic mass is 10.1. The number of allylic oxidation sites excluding steroid dienone is 2. The van der Waals surface area contributed by atoms with Crippen LogP contribution in [-0.4, -0.2) is 180 Å². The lowest BCUT2D eigenvalue weighted by Crippen LogP contribution is -2.61. The highest BCUT2D eigenvalue weighted by molar-refractivity contribution is 9.11. The van der Waals surface area contributed by atoms with E-state index >= 15 is 0 Å². The largest absolute Gasteiger partial charge is 0.489 e. The number of rotatable bonds is 30. The molecule has 0 saturated carbocycles. The highest BCUT2D eigenvalue weighted by atomic mass is 79.9. The van der Waals surface area contributed by atoms with Crippen molar-refractivity contribution in [3.05, 3.63) is 65.7 Å². The SMILES string of the molecule is C=C1Nc2cc(Br)c(OCCOCCOCCOc3nc(OCCOCCOCCOc4c(Br)cc5c(c4Br)C(=O)C(=C)N5)nc(N4CC[N+](CCCO)(CCCS(=O)(=O)O)CC4)n3)c(Br)c2C1=O. The Hall–Kier alpha value is -3.54. The first-order valence-electron chi connectivity index (χ1n) is 21.9. The lowest BCUT2D eigenvalue weighted by molar-refractivity contribution is -0.928. The number of ether oxygens (including phenoxy) is 8. The van der Waals surface area contributed by atoms with Crippen molar-refractivity contribution in [1.29, 1.82) is 0 Å². The molecule has 378 valence electrons. The monoisotopic (exact) mass is 1240 g/mol. The van der Waals surface area contributed by atoms with Gasteiger partial charge in [-0.2, -0.15) is 18.4 Å². The zero-order chi connectivity index (χ0) is 49.6. The molecule has 2 aromatic carbocycles. The Kier molecular flexibility index (Phi) is 20.8. The van der Waals surface area contributed by atoms with Crippen LogP contribution in [0, 0.1) is 0 Å². The van der Waals surface area contributed by atoms with Crippen LogP contribution in [-0.2, 0) is 29.1 Å². The number of carbonyl (C=O) groups is 2. The number of halogens is 4. The van der Waals surface area contributed by atoms with Gasteiger partial charge in [0.25, 0.3) is 10.1 Å². The predicted molar refractivity (Wildman–Crippen MR) is 268 cm³/mol. The topological polar surface area (TPSA) is 249 Å². The molecule has 0 atom stereocenters. The Bertz CT molecular complexity index is 2320. The van der Waals surface area contributed by atoms with E-state index in [0.717, 1.165) is 0 Å². The standard InChI is InChI=1S/C43H53Br4N7O14S/c1-27-37(56)33-31(48-27)25-29(44)39(35(33)46)65-20-16-61-12-14-63-18-22-67-42-50-41(53-5-9-54(10-6-53,7-3-11-55)8-4-24-69(58,59)60)51-43(52-42)68-23-19-64-15-13-62-17-21-66-40-30(45)26-32-34(36(40)47)38(57)28(2)49-32/h25-26,55H,1-24H2,(H2-,48,49,56,57,58,59,60)/p+1. The number of Topliss-reactive ketones (excluding diaryl/α,β-unsaturated/α-hetero) is 2. The smallest absolute Gasteiger partial charge is 0.324 e. The summed E-state index contributed by atoms with van der Waals surface area (Å²) in [4.78, 5) is 40.4. The maximum absolute atomic E-state index is 12.5. The number of nitrogens with zero attached hydrogens (tertiary/aromatic N) is 5. The van der Waals surface area contributed by atoms with Gasteiger partial charge >= 0.3 is 12.0 Å². The molecule has 1 saturated heterocycles. The number of benzene rings is 2. The molecule has 3 aromatic rings. The Balaban J connectivity index is 0.932. The molecule has 4 heterocycles. The van der Waals surface area contributed by atoms with Gasteiger partial charge in [-0.25, -0.2) is 0 Å². The van der Waals surface area contributed by atoms with Crippen LogP contribution in [0.5, 0.6) is 23.5 Å². The van der Waals surface area contributed by atoms with Crippen LogP contribution in [0.4, 0.5) is 17.3 Å². The number of hydrogen-bond acceptors (Lipinski definition) is 19. The van der Waals surface area contributed by atoms with E-state index in [9.17, 15) is 27.7 Å². The molecule has 3 aliphatic heterocycles. The molecule has 0 aliphatic carbocycles. The first kappa shape index (κ1) is 54.8. The van der Waals surface area contributed by atoms with Gasteiger partial charge in [-0.3, -0.25) is 14.1 Å². The predicted octanol–water partition coefficient (Wildman–Crippen LogP) is 5.44. The van der Waals surface area contributed by atoms with Crippen LogP contribution >= 0.6 is 63.7 Å². The van der Waals surface area contributed by atoms with Gasteiger partial charge in [-0.15, -0.1) is 4.98 Å². The normalized spacial score (nSPS) is 15.2. The summed E-state index contributed by atoms with van der Waals surface area (Å²) in [6.45, 7) is 13.8. The number of nitrogens with one attached hydrogen (secondary N) is 2. The van der Waals surface area contributed by atoms with E-state index in [2.05, 4.69) is 102 Å². The second-order valence-corrected chi connectivity index (χ2v) is 20.6. The highest BCUT2D eigenvalue weighted by Crippen LogP contribution is 2.45. The van der Waals surface area contributed by atoms with Crippen molar-refractivity contribution in [2.75, 3.05) is 146 Å². The van der Waals surface area contributed by atoms with E-state index in [0.29, 0.717) is 133 Å². The maximum atomic E-state index is 12.5. The van der Waals surface area contributed by atoms with Gasteiger partial charge in [0, 0.05) is 19.4 Å². The Labute approximate surface area is 433 Å². The Morgan fingerprint density at radius 1 is 0.638 bits per heavy atom. The number of aromatic nitrogens is 3. The van der Waals surface area contributed by atoms with Crippen LogP contribution < -0.4 is 34.5 Å². The summed E-state index contributed by atoms with van der Waals surface area (Å²) in [5, 5.41) is 15.5. The summed E-state index contributed by atoms with van der Waals surface area (Å²) in [5.41, 5.74) is 2.82. The van der Waals surface area contributed by atoms with Gasteiger partial charge in [0.2, 0.25) is 17.5 Å². The number of carbonyl (C=O) groups excluding carboxylic acids is 2. The van der Waals surface area contributed by atoms with E-state index < -0.39 is 10.1 Å². The molecular weight excluding hydrogens is 1190 g/mol. The molecule has 69 heavy (non-hydrogen) atoms. The van der Waals surface area contributed by atoms with Crippen LogP contribution in [0.2, 0.25) is 0 Å². The molecular formula is C43H54Br4N7O14S+. The van der Waals surface area contributed by atoms with Gasteiger partial charge in [0.1, 0.15) is 37.9 Å². The van der Waals surface area contributed by atoms with Crippen molar-refractivity contribution in [1.82, 2.24) is 15.0 Å². The summed E-state index contributed by atoms with van der Waals surface area (Å²) in [7, 11) is -4.09. The number of piperazine rings is 1. The third-order valence-electron chi connectivity index (χ3n) is 10.9. The average Bonchev–Trinajstić information content (AvgIpc) is 3.76. The fraction of sp³-hybridized carbons (Fsp3) is 0.512. The number of quaternary nitrogens is 1. The molecule has 0 radical (unpaired) electrons. The number of aliphatic hydroxyl groups excluding tert-OH is 1. The molecule has 1 aromatic heterocycles. The first-order valence-corrected chi connectivity index (χ1v) is 26.7. The van der Waals surface area contributed by atoms with Gasteiger partial charge in [-0.05, 0) is 75.9 Å². The zero-order valence-electron chi connectivity index (χ0n) is 37.6. The molecule has 26 heteroatoms. The average molecular weight is 1240 g/mol. The lowest BCUT2D eigenvalue weighted by Gasteiger charge is -2.45. The van der Waals surface area contributed by atoms with Crippen molar-refractivity contribution in [3.8, 4) is 23.5 Å². The summed E-state index contributed by atoms with van der Waals surface area (Å²) in [6, 6.07) is 3.59. The molecule has 3 aliphatic rings. The maximum Gasteiger partial charge on any atom is 0.324 e. The molecule has 6 rings (SSSR count). The summed E-state index contributed by atoms with van der Waals surface area (Å²) >= 11 is 13.9. The minimum absolute atomic E-state index is 0.00884. The van der Waals surface area contributed by atoms with Crippen LogP contribution in [0.15, 0.2) is 54.6 Å². The number of anilines is 3. The van der Waals surface area contributed by atoms with Crippen molar-refractivity contribution in [3.63, 3.8) is 0 Å². The van der Waals surface area contributed by atoms with Crippen molar-refractivity contribution < 1.29 is 70.0 Å². The number of aliphatic hydroxyl groups is 1. The number of hydrogen-bond donors (Lipinski definition) is 4. The van der Waals surface area contributed by atoms with E-state index in [1.807, 2.05) is 4.90 Å². The van der Waals surface area contributed by atoms with Crippen LogP contribution in [0.25, 0.3) is 0 Å². The molecule has 0 amide bonds. The minimum Gasteiger partial charge on any atom is -0.489 e. The molecule has 21 nitrogen and oxygen atoms in total. The highest BCUT2D eigenvalue weighted by Gasteiger charge is 2.35. The van der Waals surface area contributed by atoms with E-state index in [1.165, 1.54) is 0 Å². The Morgan fingerprint density at radius 2 is 1.04 bits per heavy atom. The zero-order valence-corrected chi connectivity index (χ0v) is 44.7. The van der Waals surface area contributed by atoms with E-state index in [1.54, 1.807) is 12.1 Å². The molecule has 0 bridgehead atoms. The fourth-order valence-electron chi connectivity index (χ4n) is 7.52. The third-order valence-corrected chi connectivity index (χ3v) is 14.4. The van der Waals surface area contributed by atoms with Gasteiger partial charge in [0.15, 0.2) is 0 Å². The molecule has 4 N–H and O–H groups in total. The van der Waals surface area contributed by atoms with Crippen molar-refractivity contribution in [2.45, 2.75) is 12.8 Å². The number of fused-ring (bicyclic) bond motifs is 2. The molecule has 0 spiro atoms. The molecule has 0 unspecified atom stereocenters. The number of ketones is 2. The third kappa shape index (κ3) is 15.5. The van der Waals surface area contributed by atoms with Crippen LogP contribution in [0.1, 0.15) is 33.6 Å². The summed E-state index contributed by atoms with van der Waals surface area (Å²) in [5.74, 6) is 0.573. The van der Waals surface area contributed by atoms with Crippen LogP contribution in [0.3, 0.4) is 0 Å². The second-order valence-electron chi connectivity index (χ2n) is 15.7. The van der Waals surface area contributed by atoms with Crippen molar-refractivity contribution in [2.24, 2.45) is 0 Å². The van der Waals surface area contributed by atoms with Crippen molar-refractivity contribution >= 4 is 103 Å².